The molecule has 0 atom stereocenters. The molecule has 1 aliphatic heterocycles. The summed E-state index contributed by atoms with van der Waals surface area (Å²) >= 11 is 0. The van der Waals surface area contributed by atoms with Gasteiger partial charge in [0.15, 0.2) is 0 Å². The second-order valence-electron chi connectivity index (χ2n) is 5.98. The smallest absolute Gasteiger partial charge is 0.226 e. The third-order valence-corrected chi connectivity index (χ3v) is 4.54. The van der Waals surface area contributed by atoms with Crippen molar-refractivity contribution in [1.82, 2.24) is 4.98 Å². The van der Waals surface area contributed by atoms with E-state index in [0.29, 0.717) is 6.04 Å². The van der Waals surface area contributed by atoms with E-state index in [1.165, 1.54) is 32.1 Å². The second kappa shape index (κ2) is 7.58. The van der Waals surface area contributed by atoms with Crippen LogP contribution in [0, 0.1) is 0 Å². The average Bonchev–Trinajstić information content (AvgIpc) is 2.61. The van der Waals surface area contributed by atoms with Gasteiger partial charge in [0, 0.05) is 32.1 Å². The SMILES string of the molecule is CO/[N+](=C\c1cccnc1N1CCOCC1)C1CCCCC1. The van der Waals surface area contributed by atoms with Gasteiger partial charge >= 0.3 is 0 Å². The monoisotopic (exact) mass is 304 g/mol. The first-order valence-electron chi connectivity index (χ1n) is 8.33. The van der Waals surface area contributed by atoms with Gasteiger partial charge in [-0.1, -0.05) is 6.42 Å². The number of hydroxylamine groups is 1. The lowest BCUT2D eigenvalue weighted by Crippen LogP contribution is -2.37. The van der Waals surface area contributed by atoms with Gasteiger partial charge in [0.05, 0.1) is 18.8 Å². The van der Waals surface area contributed by atoms with Crippen LogP contribution in [0.1, 0.15) is 37.7 Å². The summed E-state index contributed by atoms with van der Waals surface area (Å²) in [6.07, 6.45) is 10.3. The Kier molecular flexibility index (Phi) is 5.27. The van der Waals surface area contributed by atoms with Crippen LogP contribution >= 0.6 is 0 Å². The summed E-state index contributed by atoms with van der Waals surface area (Å²) < 4.78 is 7.47. The Labute approximate surface area is 132 Å². The molecule has 2 fully saturated rings. The Morgan fingerprint density at radius 1 is 1.27 bits per heavy atom. The molecule has 0 radical (unpaired) electrons. The first kappa shape index (κ1) is 15.3. The van der Waals surface area contributed by atoms with Gasteiger partial charge in [-0.3, -0.25) is 4.84 Å². The fraction of sp³-hybridized carbons (Fsp3) is 0.647. The normalized spacial score (nSPS) is 21.0. The van der Waals surface area contributed by atoms with Crippen molar-refractivity contribution in [3.8, 4) is 0 Å². The number of morpholine rings is 1. The fourth-order valence-electron chi connectivity index (χ4n) is 3.33. The highest BCUT2D eigenvalue weighted by molar-refractivity contribution is 5.83. The molecule has 0 aromatic carbocycles. The number of anilines is 1. The molecule has 1 aromatic rings. The van der Waals surface area contributed by atoms with Gasteiger partial charge in [0.1, 0.15) is 12.9 Å². The molecule has 22 heavy (non-hydrogen) atoms. The van der Waals surface area contributed by atoms with Crippen molar-refractivity contribution in [2.75, 3.05) is 38.3 Å². The van der Waals surface area contributed by atoms with Crippen LogP contribution in [0.25, 0.3) is 0 Å². The van der Waals surface area contributed by atoms with E-state index in [4.69, 9.17) is 9.57 Å². The van der Waals surface area contributed by atoms with Crippen LogP contribution < -0.4 is 4.90 Å². The van der Waals surface area contributed by atoms with Gasteiger partial charge in [0.2, 0.25) is 12.3 Å². The molecule has 1 aromatic heterocycles. The standard InChI is InChI=1S/C17H26N3O2/c1-21-20(16-7-3-2-4-8-16)14-15-6-5-9-18-17(15)19-10-12-22-13-11-19/h5-6,9,14,16H,2-4,7-8,10-13H2,1H3/q+1. The summed E-state index contributed by atoms with van der Waals surface area (Å²) in [5.41, 5.74) is 1.12. The summed E-state index contributed by atoms with van der Waals surface area (Å²) in [5.74, 6) is 1.03. The molecule has 5 nitrogen and oxygen atoms in total. The third-order valence-electron chi connectivity index (χ3n) is 4.54. The zero-order valence-electron chi connectivity index (χ0n) is 13.4. The molecule has 0 amide bonds. The largest absolute Gasteiger partial charge is 0.378 e. The van der Waals surface area contributed by atoms with Gasteiger partial charge in [0.25, 0.3) is 0 Å². The topological polar surface area (TPSA) is 37.6 Å². The number of aromatic nitrogens is 1. The minimum atomic E-state index is 0.483. The molecule has 2 heterocycles. The molecule has 1 aliphatic carbocycles. The lowest BCUT2D eigenvalue weighted by Gasteiger charge is -2.28. The van der Waals surface area contributed by atoms with Crippen LogP contribution in [-0.4, -0.2) is 55.4 Å². The molecule has 1 saturated carbocycles. The summed E-state index contributed by atoms with van der Waals surface area (Å²) in [6.45, 7) is 3.34. The van der Waals surface area contributed by atoms with E-state index in [1.54, 1.807) is 7.11 Å². The third kappa shape index (κ3) is 3.58. The van der Waals surface area contributed by atoms with Gasteiger partial charge in [-0.25, -0.2) is 4.98 Å². The summed E-state index contributed by atoms with van der Waals surface area (Å²) in [5, 5.41) is 0. The second-order valence-corrected chi connectivity index (χ2v) is 5.98. The fourth-order valence-corrected chi connectivity index (χ4v) is 3.33. The molecular weight excluding hydrogens is 278 g/mol. The maximum absolute atomic E-state index is 5.64. The van der Waals surface area contributed by atoms with Crippen molar-refractivity contribution in [2.24, 2.45) is 0 Å². The minimum Gasteiger partial charge on any atom is -0.378 e. The highest BCUT2D eigenvalue weighted by atomic mass is 16.7. The van der Waals surface area contributed by atoms with E-state index in [2.05, 4.69) is 22.2 Å². The first-order valence-corrected chi connectivity index (χ1v) is 8.33. The van der Waals surface area contributed by atoms with Crippen LogP contribution in [0.4, 0.5) is 5.82 Å². The quantitative estimate of drug-likeness (QED) is 0.486. The number of hydrogen-bond donors (Lipinski definition) is 0. The highest BCUT2D eigenvalue weighted by Crippen LogP contribution is 2.22. The van der Waals surface area contributed by atoms with Gasteiger partial charge in [-0.2, -0.15) is 0 Å². The molecule has 0 bridgehead atoms. The van der Waals surface area contributed by atoms with Crippen molar-refractivity contribution in [3.63, 3.8) is 0 Å². The molecule has 0 N–H and O–H groups in total. The van der Waals surface area contributed by atoms with Crippen LogP contribution in [0.3, 0.4) is 0 Å². The van der Waals surface area contributed by atoms with Crippen molar-refractivity contribution in [3.05, 3.63) is 23.9 Å². The first-order chi connectivity index (χ1) is 10.9. The zero-order chi connectivity index (χ0) is 15.2. The predicted molar refractivity (Wildman–Crippen MR) is 86.6 cm³/mol. The van der Waals surface area contributed by atoms with E-state index in [0.717, 1.165) is 37.7 Å². The van der Waals surface area contributed by atoms with E-state index in [9.17, 15) is 0 Å². The summed E-state index contributed by atoms with van der Waals surface area (Å²) in [4.78, 5) is 12.5. The maximum atomic E-state index is 5.64. The molecule has 2 aliphatic rings. The Morgan fingerprint density at radius 2 is 2.05 bits per heavy atom. The minimum absolute atomic E-state index is 0.483. The van der Waals surface area contributed by atoms with E-state index < -0.39 is 0 Å². The maximum Gasteiger partial charge on any atom is 0.226 e. The van der Waals surface area contributed by atoms with Crippen LogP contribution in [0.15, 0.2) is 18.3 Å². The molecular formula is C17H26N3O2+. The van der Waals surface area contributed by atoms with Gasteiger partial charge in [-0.15, -0.1) is 0 Å². The molecule has 0 spiro atoms. The lowest BCUT2D eigenvalue weighted by molar-refractivity contribution is -0.802. The summed E-state index contributed by atoms with van der Waals surface area (Å²) in [7, 11) is 1.76. The van der Waals surface area contributed by atoms with Crippen molar-refractivity contribution in [2.45, 2.75) is 38.1 Å². The van der Waals surface area contributed by atoms with Crippen molar-refractivity contribution in [1.29, 1.82) is 0 Å². The zero-order valence-corrected chi connectivity index (χ0v) is 13.4. The van der Waals surface area contributed by atoms with E-state index in [1.807, 2.05) is 17.0 Å². The number of ether oxygens (including phenoxy) is 1. The Morgan fingerprint density at radius 3 is 2.77 bits per heavy atom. The van der Waals surface area contributed by atoms with Crippen LogP contribution in [0.5, 0.6) is 0 Å². The summed E-state index contributed by atoms with van der Waals surface area (Å²) in [6, 6.07) is 4.59. The molecule has 3 rings (SSSR count). The molecule has 5 heteroatoms. The lowest BCUT2D eigenvalue weighted by atomic mass is 9.96. The van der Waals surface area contributed by atoms with Crippen LogP contribution in [-0.2, 0) is 9.57 Å². The molecule has 1 saturated heterocycles. The predicted octanol–water partition coefficient (Wildman–Crippen LogP) is 2.24. The Bertz CT molecular complexity index is 506. The van der Waals surface area contributed by atoms with Crippen LogP contribution in [0.2, 0.25) is 0 Å². The number of rotatable bonds is 4. The average molecular weight is 304 g/mol. The van der Waals surface area contributed by atoms with Gasteiger partial charge < -0.3 is 9.64 Å². The number of hydrogen-bond acceptors (Lipinski definition) is 4. The number of pyridine rings is 1. The van der Waals surface area contributed by atoms with Crippen molar-refractivity contribution < 1.29 is 14.3 Å². The van der Waals surface area contributed by atoms with E-state index >= 15 is 0 Å². The number of nitrogens with zero attached hydrogens (tertiary/aromatic N) is 3. The Balaban J connectivity index is 1.84. The van der Waals surface area contributed by atoms with Crippen molar-refractivity contribution >= 4 is 12.0 Å². The van der Waals surface area contributed by atoms with Gasteiger partial charge in [-0.05, 0) is 29.7 Å². The Hall–Kier alpha value is -1.62. The molecule has 0 unspecified atom stereocenters. The highest BCUT2D eigenvalue weighted by Gasteiger charge is 2.26. The van der Waals surface area contributed by atoms with E-state index in [-0.39, 0.29) is 0 Å². The molecule has 120 valence electrons.